The molecule has 3 rings (SSSR count). The van der Waals surface area contributed by atoms with Gasteiger partial charge in [-0.05, 0) is 13.8 Å². The van der Waals surface area contributed by atoms with Crippen LogP contribution in [0.4, 0.5) is 0 Å². The number of carbonyl (C=O) groups excluding carboxylic acids is 1. The average molecular weight is 303 g/mol. The van der Waals surface area contributed by atoms with Crippen molar-refractivity contribution in [3.8, 4) is 0 Å². The van der Waals surface area contributed by atoms with Crippen molar-refractivity contribution < 1.29 is 9.32 Å². The van der Waals surface area contributed by atoms with Gasteiger partial charge in [-0.1, -0.05) is 5.16 Å². The molecule has 0 aromatic carbocycles. The molecule has 0 aliphatic carbocycles. The fourth-order valence-electron chi connectivity index (χ4n) is 2.73. The fraction of sp³-hybridized carbons (Fsp3) is 0.533. The molecule has 0 spiro atoms. The number of imidazole rings is 1. The molecule has 1 aliphatic heterocycles. The summed E-state index contributed by atoms with van der Waals surface area (Å²) in [7, 11) is 0. The molecule has 118 valence electrons. The summed E-state index contributed by atoms with van der Waals surface area (Å²) in [6.45, 7) is 7.76. The number of hydrogen-bond acceptors (Lipinski definition) is 5. The Kier molecular flexibility index (Phi) is 4.24. The van der Waals surface area contributed by atoms with E-state index in [9.17, 15) is 4.79 Å². The molecule has 0 radical (unpaired) electrons. The van der Waals surface area contributed by atoms with Crippen LogP contribution in [0.25, 0.3) is 0 Å². The first-order valence-corrected chi connectivity index (χ1v) is 7.54. The minimum Gasteiger partial charge on any atom is -0.360 e. The summed E-state index contributed by atoms with van der Waals surface area (Å²) in [6.07, 6.45) is 5.21. The van der Waals surface area contributed by atoms with Gasteiger partial charge in [-0.3, -0.25) is 9.69 Å². The van der Waals surface area contributed by atoms with Crippen LogP contribution >= 0.6 is 0 Å². The highest BCUT2D eigenvalue weighted by molar-refractivity contribution is 5.80. The van der Waals surface area contributed by atoms with Crippen molar-refractivity contribution in [1.82, 2.24) is 24.5 Å². The van der Waals surface area contributed by atoms with E-state index < -0.39 is 0 Å². The van der Waals surface area contributed by atoms with Crippen molar-refractivity contribution >= 4 is 5.91 Å². The molecule has 2 aromatic rings. The Balaban J connectivity index is 1.52. The Morgan fingerprint density at radius 3 is 2.73 bits per heavy atom. The van der Waals surface area contributed by atoms with E-state index in [0.717, 1.165) is 44.2 Å². The first-order valence-electron chi connectivity index (χ1n) is 7.54. The van der Waals surface area contributed by atoms with Crippen molar-refractivity contribution in [2.45, 2.75) is 26.4 Å². The number of hydrogen-bond donors (Lipinski definition) is 0. The molecule has 0 unspecified atom stereocenters. The minimum absolute atomic E-state index is 0.146. The van der Waals surface area contributed by atoms with E-state index in [-0.39, 0.29) is 11.9 Å². The molecule has 0 bridgehead atoms. The molecule has 1 amide bonds. The molecule has 2 aromatic heterocycles. The van der Waals surface area contributed by atoms with Gasteiger partial charge in [-0.25, -0.2) is 4.98 Å². The fourth-order valence-corrected chi connectivity index (χ4v) is 2.73. The predicted octanol–water partition coefficient (Wildman–Crippen LogP) is 1.08. The van der Waals surface area contributed by atoms with Gasteiger partial charge < -0.3 is 14.0 Å². The van der Waals surface area contributed by atoms with Crippen LogP contribution in [0, 0.1) is 6.92 Å². The number of aryl methyl sites for hydroxylation is 1. The van der Waals surface area contributed by atoms with E-state index in [1.807, 2.05) is 35.6 Å². The van der Waals surface area contributed by atoms with Gasteiger partial charge in [0.15, 0.2) is 5.76 Å². The molecular weight excluding hydrogens is 282 g/mol. The molecule has 1 aliphatic rings. The maximum absolute atomic E-state index is 12.5. The highest BCUT2D eigenvalue weighted by atomic mass is 16.5. The van der Waals surface area contributed by atoms with Gasteiger partial charge in [-0.2, -0.15) is 0 Å². The standard InChI is InChI=1S/C15H21N5O2/c1-12-9-14(22-17-12)10-18-5-7-19(8-6-18)15(21)13(2)20-4-3-16-11-20/h3-4,9,11,13H,5-8,10H2,1-2H3/t13-/m1/s1. The van der Waals surface area contributed by atoms with Gasteiger partial charge in [0.2, 0.25) is 5.91 Å². The molecule has 3 heterocycles. The van der Waals surface area contributed by atoms with Crippen molar-refractivity contribution in [3.05, 3.63) is 36.2 Å². The lowest BCUT2D eigenvalue weighted by atomic mass is 10.2. The van der Waals surface area contributed by atoms with E-state index in [0.29, 0.717) is 0 Å². The zero-order chi connectivity index (χ0) is 15.5. The summed E-state index contributed by atoms with van der Waals surface area (Å²) in [5.41, 5.74) is 0.901. The van der Waals surface area contributed by atoms with Crippen LogP contribution in [0.1, 0.15) is 24.4 Å². The zero-order valence-corrected chi connectivity index (χ0v) is 13.0. The van der Waals surface area contributed by atoms with Gasteiger partial charge in [0.25, 0.3) is 0 Å². The molecule has 0 saturated carbocycles. The van der Waals surface area contributed by atoms with E-state index in [4.69, 9.17) is 4.52 Å². The summed E-state index contributed by atoms with van der Waals surface area (Å²) in [5.74, 6) is 1.03. The average Bonchev–Trinajstić information content (AvgIpc) is 3.18. The minimum atomic E-state index is -0.203. The molecule has 1 saturated heterocycles. The topological polar surface area (TPSA) is 67.4 Å². The van der Waals surface area contributed by atoms with E-state index >= 15 is 0 Å². The van der Waals surface area contributed by atoms with Crippen molar-refractivity contribution in [3.63, 3.8) is 0 Å². The van der Waals surface area contributed by atoms with Gasteiger partial charge in [-0.15, -0.1) is 0 Å². The first-order chi connectivity index (χ1) is 10.6. The van der Waals surface area contributed by atoms with Crippen LogP contribution in [-0.2, 0) is 11.3 Å². The zero-order valence-electron chi connectivity index (χ0n) is 13.0. The van der Waals surface area contributed by atoms with Gasteiger partial charge >= 0.3 is 0 Å². The van der Waals surface area contributed by atoms with Gasteiger partial charge in [0.05, 0.1) is 18.6 Å². The van der Waals surface area contributed by atoms with Crippen LogP contribution < -0.4 is 0 Å². The van der Waals surface area contributed by atoms with Crippen LogP contribution in [0.3, 0.4) is 0 Å². The summed E-state index contributed by atoms with van der Waals surface area (Å²) in [4.78, 5) is 20.7. The third kappa shape index (κ3) is 3.19. The Morgan fingerprint density at radius 1 is 1.36 bits per heavy atom. The van der Waals surface area contributed by atoms with Crippen LogP contribution in [0.15, 0.2) is 29.3 Å². The quantitative estimate of drug-likeness (QED) is 0.845. The lowest BCUT2D eigenvalue weighted by Crippen LogP contribution is -2.49. The summed E-state index contributed by atoms with van der Waals surface area (Å²) >= 11 is 0. The molecule has 0 N–H and O–H groups in total. The van der Waals surface area contributed by atoms with Crippen molar-refractivity contribution in [1.29, 1.82) is 0 Å². The largest absolute Gasteiger partial charge is 0.360 e. The number of nitrogens with zero attached hydrogens (tertiary/aromatic N) is 5. The summed E-state index contributed by atoms with van der Waals surface area (Å²) in [6, 6.07) is 1.75. The SMILES string of the molecule is Cc1cc(CN2CCN(C(=O)[C@@H](C)n3ccnc3)CC2)on1. The van der Waals surface area contributed by atoms with Crippen molar-refractivity contribution in [2.75, 3.05) is 26.2 Å². The van der Waals surface area contributed by atoms with Crippen molar-refractivity contribution in [2.24, 2.45) is 0 Å². The lowest BCUT2D eigenvalue weighted by molar-refractivity contribution is -0.136. The second kappa shape index (κ2) is 6.31. The normalized spacial score (nSPS) is 17.6. The Hall–Kier alpha value is -2.15. The van der Waals surface area contributed by atoms with Crippen LogP contribution in [0.2, 0.25) is 0 Å². The third-order valence-electron chi connectivity index (χ3n) is 4.07. The Labute approximate surface area is 129 Å². The monoisotopic (exact) mass is 303 g/mol. The summed E-state index contributed by atoms with van der Waals surface area (Å²) < 4.78 is 7.09. The number of amides is 1. The molecule has 1 fully saturated rings. The molecule has 7 nitrogen and oxygen atoms in total. The molecule has 1 atom stereocenters. The van der Waals surface area contributed by atoms with E-state index in [1.54, 1.807) is 12.5 Å². The Morgan fingerprint density at radius 2 is 2.14 bits per heavy atom. The second-order valence-corrected chi connectivity index (χ2v) is 5.72. The molecule has 22 heavy (non-hydrogen) atoms. The number of rotatable bonds is 4. The second-order valence-electron chi connectivity index (χ2n) is 5.72. The maximum atomic E-state index is 12.5. The highest BCUT2D eigenvalue weighted by Gasteiger charge is 2.26. The maximum Gasteiger partial charge on any atom is 0.245 e. The van der Waals surface area contributed by atoms with E-state index in [1.165, 1.54) is 0 Å². The predicted molar refractivity (Wildman–Crippen MR) is 80.0 cm³/mol. The lowest BCUT2D eigenvalue weighted by Gasteiger charge is -2.35. The molecular formula is C15H21N5O2. The summed E-state index contributed by atoms with van der Waals surface area (Å²) in [5, 5.41) is 3.90. The Bertz CT molecular complexity index is 614. The number of aromatic nitrogens is 3. The third-order valence-corrected chi connectivity index (χ3v) is 4.07. The number of piperazine rings is 1. The first kappa shape index (κ1) is 14.8. The smallest absolute Gasteiger partial charge is 0.245 e. The van der Waals surface area contributed by atoms with Gasteiger partial charge in [0.1, 0.15) is 6.04 Å². The van der Waals surface area contributed by atoms with Gasteiger partial charge in [0, 0.05) is 44.6 Å². The molecule has 7 heteroatoms. The highest BCUT2D eigenvalue weighted by Crippen LogP contribution is 2.14. The van der Waals surface area contributed by atoms with E-state index in [2.05, 4.69) is 15.0 Å². The van der Waals surface area contributed by atoms with Crippen LogP contribution in [0.5, 0.6) is 0 Å². The number of carbonyl (C=O) groups is 1. The van der Waals surface area contributed by atoms with Crippen LogP contribution in [-0.4, -0.2) is 56.6 Å².